The van der Waals surface area contributed by atoms with E-state index in [1.54, 1.807) is 12.3 Å². The number of nitrogens with one attached hydrogen (secondary N) is 1. The Morgan fingerprint density at radius 2 is 1.81 bits per heavy atom. The van der Waals surface area contributed by atoms with Crippen molar-refractivity contribution in [1.29, 1.82) is 0 Å². The van der Waals surface area contributed by atoms with Crippen LogP contribution in [-0.2, 0) is 15.9 Å². The van der Waals surface area contributed by atoms with Gasteiger partial charge in [0, 0.05) is 31.6 Å². The summed E-state index contributed by atoms with van der Waals surface area (Å²) in [6.45, 7) is 5.20. The standard InChI is InChI=1S/C21H25N3O3/c1-2-16-3-5-17(6-4-16)23-20(25)19-8-7-18(15-22-19)24-11-9-21(10-12-24)26-13-14-27-21/h3-8,15H,2,9-14H2,1H3,(H,23,25). The number of hydrogen-bond donors (Lipinski definition) is 1. The van der Waals surface area contributed by atoms with E-state index in [0.29, 0.717) is 18.9 Å². The monoisotopic (exact) mass is 367 g/mol. The molecular formula is C21H25N3O3. The summed E-state index contributed by atoms with van der Waals surface area (Å²) in [5.74, 6) is -0.576. The molecular weight excluding hydrogens is 342 g/mol. The lowest BCUT2D eigenvalue weighted by Gasteiger charge is -2.38. The molecule has 2 aromatic rings. The van der Waals surface area contributed by atoms with Crippen molar-refractivity contribution in [2.75, 3.05) is 36.5 Å². The van der Waals surface area contributed by atoms with Crippen LogP contribution < -0.4 is 10.2 Å². The van der Waals surface area contributed by atoms with Crippen molar-refractivity contribution in [3.8, 4) is 0 Å². The molecule has 2 fully saturated rings. The summed E-state index contributed by atoms with van der Waals surface area (Å²) in [6.07, 6.45) is 4.45. The molecule has 0 radical (unpaired) electrons. The average molecular weight is 367 g/mol. The van der Waals surface area contributed by atoms with E-state index in [-0.39, 0.29) is 11.7 Å². The molecule has 1 aromatic carbocycles. The van der Waals surface area contributed by atoms with Crippen LogP contribution in [0.2, 0.25) is 0 Å². The van der Waals surface area contributed by atoms with E-state index < -0.39 is 0 Å². The highest BCUT2D eigenvalue weighted by Gasteiger charge is 2.39. The molecule has 1 amide bonds. The van der Waals surface area contributed by atoms with Crippen molar-refractivity contribution in [2.24, 2.45) is 0 Å². The van der Waals surface area contributed by atoms with Gasteiger partial charge in [0.25, 0.3) is 5.91 Å². The van der Waals surface area contributed by atoms with Gasteiger partial charge in [0.2, 0.25) is 0 Å². The zero-order chi connectivity index (χ0) is 18.7. The van der Waals surface area contributed by atoms with Crippen LogP contribution in [0.4, 0.5) is 11.4 Å². The van der Waals surface area contributed by atoms with Crippen LogP contribution in [0.1, 0.15) is 35.8 Å². The summed E-state index contributed by atoms with van der Waals surface area (Å²) in [5, 5.41) is 2.89. The van der Waals surface area contributed by atoms with Gasteiger partial charge >= 0.3 is 0 Å². The number of hydrogen-bond acceptors (Lipinski definition) is 5. The van der Waals surface area contributed by atoms with Gasteiger partial charge in [-0.1, -0.05) is 19.1 Å². The van der Waals surface area contributed by atoms with Crippen LogP contribution in [0.15, 0.2) is 42.6 Å². The Morgan fingerprint density at radius 3 is 2.41 bits per heavy atom. The third kappa shape index (κ3) is 3.96. The van der Waals surface area contributed by atoms with E-state index in [9.17, 15) is 4.79 Å². The molecule has 1 N–H and O–H groups in total. The Hall–Kier alpha value is -2.44. The van der Waals surface area contributed by atoms with Crippen molar-refractivity contribution < 1.29 is 14.3 Å². The average Bonchev–Trinajstić information content (AvgIpc) is 3.17. The quantitative estimate of drug-likeness (QED) is 0.899. The van der Waals surface area contributed by atoms with Gasteiger partial charge in [-0.2, -0.15) is 0 Å². The molecule has 0 saturated carbocycles. The van der Waals surface area contributed by atoms with Crippen molar-refractivity contribution in [1.82, 2.24) is 4.98 Å². The van der Waals surface area contributed by atoms with E-state index in [0.717, 1.165) is 43.7 Å². The highest BCUT2D eigenvalue weighted by molar-refractivity contribution is 6.02. The second kappa shape index (κ2) is 7.66. The van der Waals surface area contributed by atoms with Crippen LogP contribution in [0.5, 0.6) is 0 Å². The predicted octanol–water partition coefficient (Wildman–Crippen LogP) is 3.24. The van der Waals surface area contributed by atoms with E-state index in [4.69, 9.17) is 9.47 Å². The molecule has 0 unspecified atom stereocenters. The number of aryl methyl sites for hydroxylation is 1. The Balaban J connectivity index is 1.36. The SMILES string of the molecule is CCc1ccc(NC(=O)c2ccc(N3CCC4(CC3)OCCO4)cn2)cc1. The van der Waals surface area contributed by atoms with Gasteiger partial charge in [-0.05, 0) is 36.2 Å². The van der Waals surface area contributed by atoms with Crippen LogP contribution in [-0.4, -0.2) is 43.0 Å². The molecule has 2 aliphatic rings. The van der Waals surface area contributed by atoms with Gasteiger partial charge in [-0.25, -0.2) is 4.98 Å². The number of carbonyl (C=O) groups excluding carboxylic acids is 1. The van der Waals surface area contributed by atoms with Crippen molar-refractivity contribution >= 4 is 17.3 Å². The molecule has 1 aromatic heterocycles. The van der Waals surface area contributed by atoms with Gasteiger partial charge in [0.05, 0.1) is 25.1 Å². The number of aromatic nitrogens is 1. The van der Waals surface area contributed by atoms with E-state index in [1.165, 1.54) is 5.56 Å². The van der Waals surface area contributed by atoms with Crippen LogP contribution >= 0.6 is 0 Å². The minimum Gasteiger partial charge on any atom is -0.370 e. The molecule has 0 atom stereocenters. The van der Waals surface area contributed by atoms with Crippen molar-refractivity contribution in [3.63, 3.8) is 0 Å². The number of nitrogens with zero attached hydrogens (tertiary/aromatic N) is 2. The molecule has 4 rings (SSSR count). The Morgan fingerprint density at radius 1 is 1.11 bits per heavy atom. The van der Waals surface area contributed by atoms with Crippen LogP contribution in [0.25, 0.3) is 0 Å². The fourth-order valence-corrected chi connectivity index (χ4v) is 3.62. The summed E-state index contributed by atoms with van der Waals surface area (Å²) >= 11 is 0. The third-order valence-electron chi connectivity index (χ3n) is 5.30. The lowest BCUT2D eigenvalue weighted by atomic mass is 10.0. The number of benzene rings is 1. The smallest absolute Gasteiger partial charge is 0.274 e. The summed E-state index contributed by atoms with van der Waals surface area (Å²) < 4.78 is 11.5. The maximum absolute atomic E-state index is 12.4. The molecule has 27 heavy (non-hydrogen) atoms. The molecule has 0 bridgehead atoms. The van der Waals surface area contributed by atoms with Gasteiger partial charge in [0.15, 0.2) is 5.79 Å². The summed E-state index contributed by atoms with van der Waals surface area (Å²) in [7, 11) is 0. The van der Waals surface area contributed by atoms with E-state index in [1.807, 2.05) is 30.3 Å². The molecule has 6 heteroatoms. The maximum Gasteiger partial charge on any atom is 0.274 e. The van der Waals surface area contributed by atoms with Crippen LogP contribution in [0.3, 0.4) is 0 Å². The molecule has 2 saturated heterocycles. The molecule has 1 spiro atoms. The Labute approximate surface area is 159 Å². The molecule has 6 nitrogen and oxygen atoms in total. The summed E-state index contributed by atoms with van der Waals surface area (Å²) in [6, 6.07) is 11.6. The minimum absolute atomic E-state index is 0.198. The van der Waals surface area contributed by atoms with Gasteiger partial charge in [-0.3, -0.25) is 4.79 Å². The van der Waals surface area contributed by atoms with Crippen molar-refractivity contribution in [3.05, 3.63) is 53.9 Å². The number of pyridine rings is 1. The Bertz CT molecular complexity index is 773. The number of carbonyl (C=O) groups is 1. The van der Waals surface area contributed by atoms with Gasteiger partial charge in [-0.15, -0.1) is 0 Å². The second-order valence-corrected chi connectivity index (χ2v) is 7.00. The number of anilines is 2. The first kappa shape index (κ1) is 17.9. The summed E-state index contributed by atoms with van der Waals surface area (Å²) in [4.78, 5) is 19.0. The first-order valence-corrected chi connectivity index (χ1v) is 9.57. The molecule has 0 aliphatic carbocycles. The first-order chi connectivity index (χ1) is 13.2. The number of piperidine rings is 1. The fraction of sp³-hybridized carbons (Fsp3) is 0.429. The zero-order valence-corrected chi connectivity index (χ0v) is 15.6. The fourth-order valence-electron chi connectivity index (χ4n) is 3.62. The largest absolute Gasteiger partial charge is 0.370 e. The predicted molar refractivity (Wildman–Crippen MR) is 104 cm³/mol. The molecule has 2 aliphatic heterocycles. The molecule has 142 valence electrons. The lowest BCUT2D eigenvalue weighted by Crippen LogP contribution is -2.45. The second-order valence-electron chi connectivity index (χ2n) is 7.00. The minimum atomic E-state index is -0.378. The maximum atomic E-state index is 12.4. The van der Waals surface area contributed by atoms with E-state index >= 15 is 0 Å². The highest BCUT2D eigenvalue weighted by Crippen LogP contribution is 2.33. The zero-order valence-electron chi connectivity index (χ0n) is 15.6. The summed E-state index contributed by atoms with van der Waals surface area (Å²) in [5.41, 5.74) is 3.45. The van der Waals surface area contributed by atoms with Gasteiger partial charge < -0.3 is 19.7 Å². The normalized spacial score (nSPS) is 18.6. The molecule has 3 heterocycles. The number of amides is 1. The lowest BCUT2D eigenvalue weighted by molar-refractivity contribution is -0.169. The first-order valence-electron chi connectivity index (χ1n) is 9.57. The highest BCUT2D eigenvalue weighted by atomic mass is 16.7. The third-order valence-corrected chi connectivity index (χ3v) is 5.30. The van der Waals surface area contributed by atoms with Crippen LogP contribution in [0, 0.1) is 0 Å². The Kier molecular flexibility index (Phi) is 5.09. The number of rotatable bonds is 4. The number of ether oxygens (including phenoxy) is 2. The van der Waals surface area contributed by atoms with E-state index in [2.05, 4.69) is 22.1 Å². The van der Waals surface area contributed by atoms with Gasteiger partial charge in [0.1, 0.15) is 5.69 Å². The topological polar surface area (TPSA) is 63.7 Å². The van der Waals surface area contributed by atoms with Crippen molar-refractivity contribution in [2.45, 2.75) is 32.0 Å².